The second kappa shape index (κ2) is 11.6. The van der Waals surface area contributed by atoms with Crippen LogP contribution in [0.1, 0.15) is 69.5 Å². The van der Waals surface area contributed by atoms with Gasteiger partial charge in [0.1, 0.15) is 0 Å². The average molecular weight is 411 g/mol. The molecule has 1 saturated carbocycles. The molecule has 0 aromatic carbocycles. The number of carbonyl (C=O) groups is 2. The van der Waals surface area contributed by atoms with E-state index in [9.17, 15) is 9.59 Å². The highest BCUT2D eigenvalue weighted by Crippen LogP contribution is 2.24. The third-order valence-electron chi connectivity index (χ3n) is 5.40. The van der Waals surface area contributed by atoms with E-state index in [1.807, 2.05) is 27.9 Å². The van der Waals surface area contributed by atoms with Gasteiger partial charge in [-0.1, -0.05) is 57.7 Å². The zero-order valence-electron chi connectivity index (χ0n) is 17.6. The minimum atomic E-state index is -0.624. The smallest absolute Gasteiger partial charge is 0.286 e. The van der Waals surface area contributed by atoms with Crippen molar-refractivity contribution < 1.29 is 14.0 Å². The lowest BCUT2D eigenvalue weighted by atomic mass is 9.93. The number of amides is 1. The molecule has 158 valence electrons. The second-order valence-corrected chi connectivity index (χ2v) is 9.00. The van der Waals surface area contributed by atoms with Crippen LogP contribution in [0.15, 0.2) is 9.64 Å². The Balaban J connectivity index is 2.02. The van der Waals surface area contributed by atoms with Crippen molar-refractivity contribution in [2.24, 2.45) is 11.8 Å². The SMILES string of the molecule is CC[C@H](C)C(NC(=O)C1CCCCCC1)C(=O)c1nnc(SCCN(C)C)o1. The first-order valence-electron chi connectivity index (χ1n) is 10.4. The van der Waals surface area contributed by atoms with Crippen molar-refractivity contribution in [3.8, 4) is 0 Å². The Bertz CT molecular complexity index is 627. The number of hydrogen-bond acceptors (Lipinski definition) is 7. The molecule has 1 aliphatic rings. The summed E-state index contributed by atoms with van der Waals surface area (Å²) in [7, 11) is 3.99. The number of carbonyl (C=O) groups excluding carboxylic acids is 2. The van der Waals surface area contributed by atoms with E-state index < -0.39 is 6.04 Å². The normalized spacial score (nSPS) is 17.9. The van der Waals surface area contributed by atoms with Gasteiger partial charge in [0.05, 0.1) is 6.04 Å². The summed E-state index contributed by atoms with van der Waals surface area (Å²) >= 11 is 1.43. The molecule has 1 aliphatic carbocycles. The van der Waals surface area contributed by atoms with Gasteiger partial charge in [-0.05, 0) is 32.9 Å². The maximum absolute atomic E-state index is 13.0. The number of hydrogen-bond donors (Lipinski definition) is 1. The number of rotatable bonds is 10. The molecule has 0 saturated heterocycles. The quantitative estimate of drug-likeness (QED) is 0.359. The maximum Gasteiger partial charge on any atom is 0.286 e. The third-order valence-corrected chi connectivity index (χ3v) is 6.20. The zero-order valence-corrected chi connectivity index (χ0v) is 18.4. The highest BCUT2D eigenvalue weighted by Gasteiger charge is 2.32. The average Bonchev–Trinajstić information content (AvgIpc) is 2.97. The molecule has 0 aliphatic heterocycles. The number of nitrogens with one attached hydrogen (secondary N) is 1. The number of Topliss-reactive ketones (excluding diaryl/α,β-unsaturated/α-hetero) is 1. The Morgan fingerprint density at radius 3 is 2.50 bits per heavy atom. The van der Waals surface area contributed by atoms with Gasteiger partial charge in [0.25, 0.3) is 11.1 Å². The van der Waals surface area contributed by atoms with Crippen LogP contribution in [0.5, 0.6) is 0 Å². The van der Waals surface area contributed by atoms with Crippen LogP contribution in [0.4, 0.5) is 0 Å². The third kappa shape index (κ3) is 6.88. The Kier molecular flexibility index (Phi) is 9.44. The molecular formula is C20H34N4O3S. The first-order chi connectivity index (χ1) is 13.4. The molecular weight excluding hydrogens is 376 g/mol. The van der Waals surface area contributed by atoms with Gasteiger partial charge in [-0.15, -0.1) is 10.2 Å². The zero-order chi connectivity index (χ0) is 20.5. The fraction of sp³-hybridized carbons (Fsp3) is 0.800. The van der Waals surface area contributed by atoms with Gasteiger partial charge in [-0.3, -0.25) is 9.59 Å². The topological polar surface area (TPSA) is 88.3 Å². The molecule has 1 N–H and O–H groups in total. The summed E-state index contributed by atoms with van der Waals surface area (Å²) in [5.41, 5.74) is 0. The lowest BCUT2D eigenvalue weighted by Gasteiger charge is -2.24. The summed E-state index contributed by atoms with van der Waals surface area (Å²) in [5, 5.41) is 11.3. The lowest BCUT2D eigenvalue weighted by Crippen LogP contribution is -2.47. The van der Waals surface area contributed by atoms with E-state index in [-0.39, 0.29) is 29.4 Å². The summed E-state index contributed by atoms with van der Waals surface area (Å²) < 4.78 is 5.57. The van der Waals surface area contributed by atoms with Crippen molar-refractivity contribution in [3.05, 3.63) is 5.89 Å². The summed E-state index contributed by atoms with van der Waals surface area (Å²) in [6.07, 6.45) is 7.12. The van der Waals surface area contributed by atoms with Crippen LogP contribution in [0.2, 0.25) is 0 Å². The summed E-state index contributed by atoms with van der Waals surface area (Å²) in [5.74, 6) is 0.485. The van der Waals surface area contributed by atoms with E-state index in [1.165, 1.54) is 24.6 Å². The Morgan fingerprint density at radius 1 is 1.21 bits per heavy atom. The molecule has 0 bridgehead atoms. The molecule has 7 nitrogen and oxygen atoms in total. The van der Waals surface area contributed by atoms with E-state index >= 15 is 0 Å². The van der Waals surface area contributed by atoms with Gasteiger partial charge in [-0.25, -0.2) is 0 Å². The highest BCUT2D eigenvalue weighted by molar-refractivity contribution is 7.99. The molecule has 8 heteroatoms. The molecule has 1 unspecified atom stereocenters. The van der Waals surface area contributed by atoms with E-state index in [2.05, 4.69) is 20.4 Å². The predicted molar refractivity (Wildman–Crippen MR) is 110 cm³/mol. The van der Waals surface area contributed by atoms with Crippen molar-refractivity contribution in [1.29, 1.82) is 0 Å². The molecule has 2 atom stereocenters. The molecule has 28 heavy (non-hydrogen) atoms. The van der Waals surface area contributed by atoms with Crippen molar-refractivity contribution in [2.75, 3.05) is 26.4 Å². The summed E-state index contributed by atoms with van der Waals surface area (Å²) in [6, 6.07) is -0.624. The van der Waals surface area contributed by atoms with Crippen LogP contribution in [-0.2, 0) is 4.79 Å². The summed E-state index contributed by atoms with van der Waals surface area (Å²) in [6.45, 7) is 4.86. The molecule has 1 fully saturated rings. The van der Waals surface area contributed by atoms with E-state index in [4.69, 9.17) is 4.42 Å². The molecule has 1 aromatic heterocycles. The summed E-state index contributed by atoms with van der Waals surface area (Å²) in [4.78, 5) is 27.9. The predicted octanol–water partition coefficient (Wildman–Crippen LogP) is 3.41. The van der Waals surface area contributed by atoms with E-state index in [1.54, 1.807) is 0 Å². The van der Waals surface area contributed by atoms with Gasteiger partial charge in [-0.2, -0.15) is 0 Å². The van der Waals surface area contributed by atoms with Gasteiger partial charge in [0.15, 0.2) is 0 Å². The molecule has 0 radical (unpaired) electrons. The van der Waals surface area contributed by atoms with E-state index in [0.717, 1.165) is 44.4 Å². The van der Waals surface area contributed by atoms with Crippen LogP contribution in [-0.4, -0.2) is 59.2 Å². The molecule has 0 spiro atoms. The van der Waals surface area contributed by atoms with Gasteiger partial charge < -0.3 is 14.6 Å². The molecule has 1 heterocycles. The van der Waals surface area contributed by atoms with Gasteiger partial charge in [0, 0.05) is 18.2 Å². The van der Waals surface area contributed by atoms with Crippen LogP contribution >= 0.6 is 11.8 Å². The highest BCUT2D eigenvalue weighted by atomic mass is 32.2. The van der Waals surface area contributed by atoms with Crippen molar-refractivity contribution in [3.63, 3.8) is 0 Å². The van der Waals surface area contributed by atoms with Crippen LogP contribution in [0, 0.1) is 11.8 Å². The van der Waals surface area contributed by atoms with Crippen LogP contribution in [0.3, 0.4) is 0 Å². The van der Waals surface area contributed by atoms with Crippen LogP contribution in [0.25, 0.3) is 0 Å². The van der Waals surface area contributed by atoms with Gasteiger partial charge in [0.2, 0.25) is 11.7 Å². The van der Waals surface area contributed by atoms with Crippen molar-refractivity contribution >= 4 is 23.5 Å². The number of ketones is 1. The number of nitrogens with zero attached hydrogens (tertiary/aromatic N) is 3. The van der Waals surface area contributed by atoms with Gasteiger partial charge >= 0.3 is 0 Å². The minimum absolute atomic E-state index is 0.000952. The molecule has 2 rings (SSSR count). The number of aromatic nitrogens is 2. The van der Waals surface area contributed by atoms with E-state index in [0.29, 0.717) is 5.22 Å². The first kappa shape index (κ1) is 22.9. The fourth-order valence-corrected chi connectivity index (χ4v) is 4.20. The van der Waals surface area contributed by atoms with Crippen molar-refractivity contribution in [1.82, 2.24) is 20.4 Å². The minimum Gasteiger partial charge on any atom is -0.408 e. The standard InChI is InChI=1S/C20H34N4O3S/c1-5-14(2)16(21-18(26)15-10-8-6-7-9-11-15)17(25)19-22-23-20(27-19)28-13-12-24(3)4/h14-16H,5-13H2,1-4H3,(H,21,26)/t14-,16?/m0/s1. The monoisotopic (exact) mass is 410 g/mol. The Morgan fingerprint density at radius 2 is 1.89 bits per heavy atom. The van der Waals surface area contributed by atoms with Crippen LogP contribution < -0.4 is 5.32 Å². The first-order valence-corrected chi connectivity index (χ1v) is 11.4. The molecule has 1 amide bonds. The second-order valence-electron chi connectivity index (χ2n) is 7.95. The van der Waals surface area contributed by atoms with Crippen molar-refractivity contribution in [2.45, 2.75) is 70.1 Å². The lowest BCUT2D eigenvalue weighted by molar-refractivity contribution is -0.126. The Hall–Kier alpha value is -1.41. The largest absolute Gasteiger partial charge is 0.408 e. The number of thioether (sulfide) groups is 1. The Labute approximate surface area is 172 Å². The maximum atomic E-state index is 13.0. The fourth-order valence-electron chi connectivity index (χ4n) is 3.33. The molecule has 1 aromatic rings.